The van der Waals surface area contributed by atoms with E-state index in [1.807, 2.05) is 6.07 Å². The van der Waals surface area contributed by atoms with Crippen LogP contribution in [0.4, 0.5) is 0 Å². The van der Waals surface area contributed by atoms with E-state index in [4.69, 9.17) is 0 Å². The zero-order chi connectivity index (χ0) is 12.3. The first-order valence-electron chi connectivity index (χ1n) is 6.55. The van der Waals surface area contributed by atoms with Gasteiger partial charge < -0.3 is 4.98 Å². The highest BCUT2D eigenvalue weighted by atomic mass is 79.9. The predicted octanol–water partition coefficient (Wildman–Crippen LogP) is 4.33. The number of Topliss-reactive ketones (excluding diaryl/α,β-unsaturated/α-hetero) is 1. The maximum absolute atomic E-state index is 12.1. The van der Waals surface area contributed by atoms with Crippen molar-refractivity contribution in [2.24, 2.45) is 0 Å². The van der Waals surface area contributed by atoms with Crippen LogP contribution in [-0.4, -0.2) is 10.8 Å². The Labute approximate surface area is 114 Å². The lowest BCUT2D eigenvalue weighted by atomic mass is 9.59. The van der Waals surface area contributed by atoms with Gasteiger partial charge in [0.1, 0.15) is 0 Å². The molecule has 0 atom stereocenters. The van der Waals surface area contributed by atoms with Gasteiger partial charge in [0.15, 0.2) is 5.78 Å². The van der Waals surface area contributed by atoms with Gasteiger partial charge in [-0.05, 0) is 48.4 Å². The van der Waals surface area contributed by atoms with E-state index in [1.54, 1.807) is 0 Å². The van der Waals surface area contributed by atoms with Crippen LogP contribution in [0, 0.1) is 0 Å². The Morgan fingerprint density at radius 2 is 2.06 bits per heavy atom. The van der Waals surface area contributed by atoms with Gasteiger partial charge in [0, 0.05) is 21.8 Å². The lowest BCUT2D eigenvalue weighted by molar-refractivity contribution is 0.0917. The van der Waals surface area contributed by atoms with Crippen LogP contribution in [0.5, 0.6) is 0 Å². The van der Waals surface area contributed by atoms with Gasteiger partial charge in [0.2, 0.25) is 0 Å². The molecule has 1 saturated carbocycles. The minimum absolute atomic E-state index is 0.287. The van der Waals surface area contributed by atoms with Crippen LogP contribution in [0.2, 0.25) is 0 Å². The first-order valence-corrected chi connectivity index (χ1v) is 7.34. The number of aromatic nitrogens is 1. The average molecular weight is 304 g/mol. The zero-order valence-corrected chi connectivity index (χ0v) is 11.6. The second-order valence-electron chi connectivity index (χ2n) is 5.62. The Morgan fingerprint density at radius 3 is 2.78 bits per heavy atom. The first kappa shape index (κ1) is 10.8. The molecule has 1 aromatic heterocycles. The Bertz CT molecular complexity index is 666. The average Bonchev–Trinajstić information content (AvgIpc) is 2.68. The predicted molar refractivity (Wildman–Crippen MR) is 75.1 cm³/mol. The summed E-state index contributed by atoms with van der Waals surface area (Å²) in [6, 6.07) is 6.25. The molecule has 3 heteroatoms. The minimum atomic E-state index is 0.287. The summed E-state index contributed by atoms with van der Waals surface area (Å²) in [4.78, 5) is 15.5. The number of aromatic amines is 1. The van der Waals surface area contributed by atoms with Gasteiger partial charge in [-0.15, -0.1) is 0 Å². The monoisotopic (exact) mass is 303 g/mol. The maximum atomic E-state index is 12.1. The maximum Gasteiger partial charge on any atom is 0.179 e. The van der Waals surface area contributed by atoms with E-state index >= 15 is 0 Å². The number of fused-ring (bicyclic) bond motifs is 4. The Hall–Kier alpha value is -1.09. The summed E-state index contributed by atoms with van der Waals surface area (Å²) in [5.74, 6) is 0.287. The fourth-order valence-corrected chi connectivity index (χ4v) is 3.99. The molecule has 0 unspecified atom stereocenters. The summed E-state index contributed by atoms with van der Waals surface area (Å²) in [5, 5.41) is 1.24. The van der Waals surface area contributed by atoms with Crippen LogP contribution < -0.4 is 0 Å². The van der Waals surface area contributed by atoms with Crippen molar-refractivity contribution < 1.29 is 4.79 Å². The van der Waals surface area contributed by atoms with Crippen LogP contribution in [0.15, 0.2) is 22.7 Å². The summed E-state index contributed by atoms with van der Waals surface area (Å²) < 4.78 is 1.09. The van der Waals surface area contributed by atoms with Gasteiger partial charge in [-0.3, -0.25) is 4.79 Å². The molecule has 0 saturated heterocycles. The second kappa shape index (κ2) is 3.47. The van der Waals surface area contributed by atoms with E-state index in [2.05, 4.69) is 33.0 Å². The summed E-state index contributed by atoms with van der Waals surface area (Å²) in [5.41, 5.74) is 3.59. The molecule has 1 fully saturated rings. The molecule has 1 N–H and O–H groups in total. The number of nitrogens with one attached hydrogen (secondary N) is 1. The molecule has 2 nitrogen and oxygen atoms in total. The van der Waals surface area contributed by atoms with Crippen molar-refractivity contribution in [3.8, 4) is 0 Å². The second-order valence-corrected chi connectivity index (χ2v) is 6.54. The molecule has 4 rings (SSSR count). The Morgan fingerprint density at radius 1 is 1.22 bits per heavy atom. The third-order valence-corrected chi connectivity index (χ3v) is 5.20. The van der Waals surface area contributed by atoms with Gasteiger partial charge in [0.05, 0.1) is 5.69 Å². The van der Waals surface area contributed by atoms with Crippen molar-refractivity contribution in [3.63, 3.8) is 0 Å². The van der Waals surface area contributed by atoms with Gasteiger partial charge in [0.25, 0.3) is 0 Å². The third kappa shape index (κ3) is 1.26. The molecular weight excluding hydrogens is 290 g/mol. The molecule has 0 aliphatic heterocycles. The number of rotatable bonds is 0. The van der Waals surface area contributed by atoms with Crippen molar-refractivity contribution in [3.05, 3.63) is 33.9 Å². The molecule has 0 bridgehead atoms. The molecule has 1 aromatic carbocycles. The van der Waals surface area contributed by atoms with Crippen LogP contribution in [0.3, 0.4) is 0 Å². The van der Waals surface area contributed by atoms with Crippen LogP contribution >= 0.6 is 15.9 Å². The number of carbonyl (C=O) groups excluding carboxylic acids is 1. The van der Waals surface area contributed by atoms with Crippen LogP contribution in [-0.2, 0) is 5.41 Å². The highest BCUT2D eigenvalue weighted by molar-refractivity contribution is 9.10. The molecule has 2 aliphatic carbocycles. The molecular formula is C15H14BrNO. The molecule has 2 aromatic rings. The SMILES string of the molecule is O=C1CCC2(CCC2)c2c1[nH]c1ccc(Br)cc21. The van der Waals surface area contributed by atoms with Crippen molar-refractivity contribution >= 4 is 32.6 Å². The number of ketones is 1. The number of hydrogen-bond donors (Lipinski definition) is 1. The van der Waals surface area contributed by atoms with Crippen molar-refractivity contribution in [1.29, 1.82) is 0 Å². The summed E-state index contributed by atoms with van der Waals surface area (Å²) >= 11 is 3.54. The van der Waals surface area contributed by atoms with E-state index in [1.165, 1.54) is 30.2 Å². The molecule has 1 heterocycles. The Balaban J connectivity index is 2.08. The number of hydrogen-bond acceptors (Lipinski definition) is 1. The van der Waals surface area contributed by atoms with Gasteiger partial charge >= 0.3 is 0 Å². The smallest absolute Gasteiger partial charge is 0.179 e. The van der Waals surface area contributed by atoms with Crippen molar-refractivity contribution in [1.82, 2.24) is 4.98 Å². The third-order valence-electron chi connectivity index (χ3n) is 4.71. The van der Waals surface area contributed by atoms with E-state index in [9.17, 15) is 4.79 Å². The number of halogens is 1. The number of benzene rings is 1. The summed E-state index contributed by atoms with van der Waals surface area (Å²) in [6.07, 6.45) is 5.53. The van der Waals surface area contributed by atoms with Gasteiger partial charge in [-0.2, -0.15) is 0 Å². The summed E-state index contributed by atoms with van der Waals surface area (Å²) in [6.45, 7) is 0. The lowest BCUT2D eigenvalue weighted by Crippen LogP contribution is -2.38. The highest BCUT2D eigenvalue weighted by Crippen LogP contribution is 2.53. The largest absolute Gasteiger partial charge is 0.352 e. The number of carbonyl (C=O) groups is 1. The molecule has 92 valence electrons. The molecule has 2 aliphatic rings. The zero-order valence-electron chi connectivity index (χ0n) is 10.1. The van der Waals surface area contributed by atoms with E-state index in [0.717, 1.165) is 22.1 Å². The van der Waals surface area contributed by atoms with Crippen molar-refractivity contribution in [2.45, 2.75) is 37.5 Å². The Kier molecular flexibility index (Phi) is 2.08. The standard InChI is InChI=1S/C15H14BrNO/c16-9-2-3-11-10(8-9)13-14(17-11)12(18)4-7-15(13)5-1-6-15/h2-3,8,17H,1,4-7H2. The molecule has 0 amide bonds. The molecule has 18 heavy (non-hydrogen) atoms. The van der Waals surface area contributed by atoms with E-state index in [0.29, 0.717) is 11.8 Å². The fourth-order valence-electron chi connectivity index (χ4n) is 3.63. The van der Waals surface area contributed by atoms with Gasteiger partial charge in [-0.1, -0.05) is 22.4 Å². The number of H-pyrrole nitrogens is 1. The highest BCUT2D eigenvalue weighted by Gasteiger charge is 2.45. The lowest BCUT2D eigenvalue weighted by Gasteiger charge is -2.45. The topological polar surface area (TPSA) is 32.9 Å². The minimum Gasteiger partial charge on any atom is -0.352 e. The normalized spacial score (nSPS) is 21.1. The van der Waals surface area contributed by atoms with Crippen molar-refractivity contribution in [2.75, 3.05) is 0 Å². The first-order chi connectivity index (χ1) is 8.70. The quantitative estimate of drug-likeness (QED) is 0.772. The van der Waals surface area contributed by atoms with Crippen LogP contribution in [0.25, 0.3) is 10.9 Å². The molecule has 1 spiro atoms. The fraction of sp³-hybridized carbons (Fsp3) is 0.400. The van der Waals surface area contributed by atoms with E-state index < -0.39 is 0 Å². The van der Waals surface area contributed by atoms with Crippen LogP contribution in [0.1, 0.15) is 48.2 Å². The van der Waals surface area contributed by atoms with Gasteiger partial charge in [-0.25, -0.2) is 0 Å². The molecule has 0 radical (unpaired) electrons. The summed E-state index contributed by atoms with van der Waals surface area (Å²) in [7, 11) is 0. The van der Waals surface area contributed by atoms with E-state index in [-0.39, 0.29) is 5.78 Å².